The first-order chi connectivity index (χ1) is 10.5. The van der Waals surface area contributed by atoms with Gasteiger partial charge < -0.3 is 5.32 Å². The second kappa shape index (κ2) is 7.18. The van der Waals surface area contributed by atoms with Crippen molar-refractivity contribution in [2.24, 2.45) is 5.41 Å². The van der Waals surface area contributed by atoms with Gasteiger partial charge in [-0.1, -0.05) is 43.3 Å². The van der Waals surface area contributed by atoms with Gasteiger partial charge in [-0.3, -0.25) is 0 Å². The molecule has 0 bridgehead atoms. The molecule has 1 fully saturated rings. The molecule has 2 N–H and O–H groups in total. The van der Waals surface area contributed by atoms with Crippen LogP contribution in [0.3, 0.4) is 0 Å². The number of benzene rings is 2. The number of hydrogen-bond donors (Lipinski definition) is 2. The van der Waals surface area contributed by atoms with E-state index < -0.39 is 10.0 Å². The summed E-state index contributed by atoms with van der Waals surface area (Å²) in [4.78, 5) is 0.359. The molecule has 1 saturated heterocycles. The summed E-state index contributed by atoms with van der Waals surface area (Å²) in [6.45, 7) is 4.47. The van der Waals surface area contributed by atoms with Crippen molar-refractivity contribution in [3.63, 3.8) is 0 Å². The van der Waals surface area contributed by atoms with Crippen LogP contribution >= 0.6 is 12.4 Å². The molecule has 126 valence electrons. The Bertz CT molecular complexity index is 766. The maximum absolute atomic E-state index is 12.7. The topological polar surface area (TPSA) is 58.2 Å². The molecular formula is C17H23ClN2O2S. The molecule has 0 radical (unpaired) electrons. The standard InChI is InChI=1S/C17H22N2O2S.ClH/c1-17(10-5-11-18-12-17)13-19-22(20,21)16-9-4-7-14-6-2-3-8-15(14)16;/h2-4,6-9,18-19H,5,10-13H2,1H3;1H. The quantitative estimate of drug-likeness (QED) is 0.887. The number of halogens is 1. The Balaban J connectivity index is 0.00000192. The second-order valence-corrected chi connectivity index (χ2v) is 8.13. The molecule has 1 atom stereocenters. The molecule has 0 aliphatic carbocycles. The monoisotopic (exact) mass is 354 g/mol. The van der Waals surface area contributed by atoms with Gasteiger partial charge in [0.2, 0.25) is 10.0 Å². The number of piperidine rings is 1. The summed E-state index contributed by atoms with van der Waals surface area (Å²) in [5, 5.41) is 5.05. The fourth-order valence-electron chi connectivity index (χ4n) is 3.05. The smallest absolute Gasteiger partial charge is 0.241 e. The molecule has 0 amide bonds. The Hall–Kier alpha value is -1.14. The molecule has 23 heavy (non-hydrogen) atoms. The van der Waals surface area contributed by atoms with Crippen molar-refractivity contribution in [1.82, 2.24) is 10.0 Å². The number of hydrogen-bond acceptors (Lipinski definition) is 3. The van der Waals surface area contributed by atoms with E-state index in [1.54, 1.807) is 12.1 Å². The van der Waals surface area contributed by atoms with Crippen LogP contribution < -0.4 is 10.0 Å². The van der Waals surface area contributed by atoms with Crippen molar-refractivity contribution >= 4 is 33.2 Å². The first-order valence-corrected chi connectivity index (χ1v) is 9.17. The predicted octanol–water partition coefficient (Wildman–Crippen LogP) is 2.93. The highest BCUT2D eigenvalue weighted by Crippen LogP contribution is 2.26. The first kappa shape index (κ1) is 18.2. The zero-order valence-electron chi connectivity index (χ0n) is 13.2. The minimum absolute atomic E-state index is 0. The fraction of sp³-hybridized carbons (Fsp3) is 0.412. The zero-order chi connectivity index (χ0) is 15.6. The number of nitrogens with one attached hydrogen (secondary N) is 2. The molecule has 3 rings (SSSR count). The van der Waals surface area contributed by atoms with E-state index in [9.17, 15) is 8.42 Å². The van der Waals surface area contributed by atoms with Gasteiger partial charge >= 0.3 is 0 Å². The van der Waals surface area contributed by atoms with Crippen LogP contribution in [-0.4, -0.2) is 28.1 Å². The highest BCUT2D eigenvalue weighted by Gasteiger charge is 2.29. The van der Waals surface area contributed by atoms with Gasteiger partial charge in [0.25, 0.3) is 0 Å². The molecule has 0 spiro atoms. The summed E-state index contributed by atoms with van der Waals surface area (Å²) in [7, 11) is -3.50. The highest BCUT2D eigenvalue weighted by atomic mass is 35.5. The van der Waals surface area contributed by atoms with E-state index in [-0.39, 0.29) is 17.8 Å². The fourth-order valence-corrected chi connectivity index (χ4v) is 4.47. The molecule has 1 unspecified atom stereocenters. The Morgan fingerprint density at radius 1 is 1.17 bits per heavy atom. The minimum Gasteiger partial charge on any atom is -0.316 e. The highest BCUT2D eigenvalue weighted by molar-refractivity contribution is 7.89. The molecule has 2 aromatic carbocycles. The van der Waals surface area contributed by atoms with Gasteiger partial charge in [-0.2, -0.15) is 0 Å². The lowest BCUT2D eigenvalue weighted by atomic mass is 9.83. The van der Waals surface area contributed by atoms with E-state index in [0.717, 1.165) is 36.7 Å². The third-order valence-corrected chi connectivity index (χ3v) is 5.87. The molecule has 1 aliphatic heterocycles. The van der Waals surface area contributed by atoms with Gasteiger partial charge in [0.1, 0.15) is 0 Å². The van der Waals surface area contributed by atoms with E-state index in [1.165, 1.54) is 0 Å². The summed E-state index contributed by atoms with van der Waals surface area (Å²) in [6.07, 6.45) is 2.13. The summed E-state index contributed by atoms with van der Waals surface area (Å²) in [5.74, 6) is 0. The number of fused-ring (bicyclic) bond motifs is 1. The maximum atomic E-state index is 12.7. The van der Waals surface area contributed by atoms with Gasteiger partial charge in [-0.25, -0.2) is 13.1 Å². The maximum Gasteiger partial charge on any atom is 0.241 e. The largest absolute Gasteiger partial charge is 0.316 e. The Kier molecular flexibility index (Phi) is 5.68. The molecular weight excluding hydrogens is 332 g/mol. The minimum atomic E-state index is -3.50. The average Bonchev–Trinajstić information content (AvgIpc) is 2.53. The van der Waals surface area contributed by atoms with Gasteiger partial charge in [0.05, 0.1) is 4.90 Å². The van der Waals surface area contributed by atoms with Crippen LogP contribution in [0.4, 0.5) is 0 Å². The third kappa shape index (κ3) is 4.04. The van der Waals surface area contributed by atoms with Crippen LogP contribution in [0.25, 0.3) is 10.8 Å². The van der Waals surface area contributed by atoms with Crippen molar-refractivity contribution in [1.29, 1.82) is 0 Å². The van der Waals surface area contributed by atoms with Crippen molar-refractivity contribution in [3.8, 4) is 0 Å². The normalized spacial score (nSPS) is 21.8. The van der Waals surface area contributed by atoms with Gasteiger partial charge in [-0.15, -0.1) is 12.4 Å². The van der Waals surface area contributed by atoms with E-state index in [1.807, 2.05) is 30.3 Å². The Morgan fingerprint density at radius 3 is 2.65 bits per heavy atom. The number of rotatable bonds is 4. The van der Waals surface area contributed by atoms with Gasteiger partial charge in [0, 0.05) is 18.5 Å². The Labute approximate surface area is 144 Å². The van der Waals surface area contributed by atoms with E-state index in [4.69, 9.17) is 0 Å². The summed E-state index contributed by atoms with van der Waals surface area (Å²) < 4.78 is 28.2. The lowest BCUT2D eigenvalue weighted by Crippen LogP contribution is -2.45. The molecule has 6 heteroatoms. The Morgan fingerprint density at radius 2 is 1.91 bits per heavy atom. The number of sulfonamides is 1. The van der Waals surface area contributed by atoms with Gasteiger partial charge in [-0.05, 0) is 36.3 Å². The molecule has 1 aliphatic rings. The van der Waals surface area contributed by atoms with E-state index >= 15 is 0 Å². The zero-order valence-corrected chi connectivity index (χ0v) is 14.8. The van der Waals surface area contributed by atoms with Crippen LogP contribution in [0, 0.1) is 5.41 Å². The average molecular weight is 355 g/mol. The van der Waals surface area contributed by atoms with Crippen molar-refractivity contribution in [2.45, 2.75) is 24.7 Å². The molecule has 2 aromatic rings. The third-order valence-electron chi connectivity index (χ3n) is 4.41. The van der Waals surface area contributed by atoms with Crippen LogP contribution in [0.1, 0.15) is 19.8 Å². The molecule has 1 heterocycles. The first-order valence-electron chi connectivity index (χ1n) is 7.68. The van der Waals surface area contributed by atoms with E-state index in [2.05, 4.69) is 17.0 Å². The van der Waals surface area contributed by atoms with Crippen LogP contribution in [0.15, 0.2) is 47.4 Å². The summed E-state index contributed by atoms with van der Waals surface area (Å²) >= 11 is 0. The van der Waals surface area contributed by atoms with Crippen LogP contribution in [-0.2, 0) is 10.0 Å². The van der Waals surface area contributed by atoms with Crippen molar-refractivity contribution in [2.75, 3.05) is 19.6 Å². The van der Waals surface area contributed by atoms with E-state index in [0.29, 0.717) is 11.4 Å². The van der Waals surface area contributed by atoms with Crippen molar-refractivity contribution in [3.05, 3.63) is 42.5 Å². The molecule has 0 saturated carbocycles. The lowest BCUT2D eigenvalue weighted by Gasteiger charge is -2.34. The van der Waals surface area contributed by atoms with Gasteiger partial charge in [0.15, 0.2) is 0 Å². The second-order valence-electron chi connectivity index (χ2n) is 6.39. The van der Waals surface area contributed by atoms with Crippen molar-refractivity contribution < 1.29 is 8.42 Å². The van der Waals surface area contributed by atoms with Crippen LogP contribution in [0.2, 0.25) is 0 Å². The lowest BCUT2D eigenvalue weighted by molar-refractivity contribution is 0.238. The summed E-state index contributed by atoms with van der Waals surface area (Å²) in [5.41, 5.74) is -0.0180. The molecule has 4 nitrogen and oxygen atoms in total. The van der Waals surface area contributed by atoms with Crippen LogP contribution in [0.5, 0.6) is 0 Å². The molecule has 0 aromatic heterocycles. The SMILES string of the molecule is CC1(CNS(=O)(=O)c2cccc3ccccc23)CCCNC1.Cl. The predicted molar refractivity (Wildman–Crippen MR) is 96.6 cm³/mol. The summed E-state index contributed by atoms with van der Waals surface area (Å²) in [6, 6.07) is 13.0.